The molecule has 1 N–H and O–H groups in total. The minimum absolute atomic E-state index is 0.509. The number of carboxylic acids is 1. The maximum atomic E-state index is 12.2. The van der Waals surface area contributed by atoms with Gasteiger partial charge < -0.3 is 5.11 Å². The molecule has 2 aromatic rings. The Morgan fingerprint density at radius 3 is 2.57 bits per heavy atom. The van der Waals surface area contributed by atoms with Crippen molar-refractivity contribution >= 4 is 22.9 Å². The Kier molecular flexibility index (Phi) is 6.74. The van der Waals surface area contributed by atoms with Crippen LogP contribution in [-0.4, -0.2) is 35.6 Å². The number of carbonyl (C=O) groups is 1. The average Bonchev–Trinajstić information content (AvgIpc) is 3.21. The Labute approximate surface area is 184 Å². The van der Waals surface area contributed by atoms with Gasteiger partial charge in [-0.25, -0.2) is 4.79 Å². The van der Waals surface area contributed by atoms with Crippen molar-refractivity contribution in [1.29, 1.82) is 0 Å². The first-order chi connectivity index (χ1) is 14.6. The normalized spacial score (nSPS) is 23.0. The molecule has 1 aliphatic heterocycles. The number of rotatable bonds is 6. The molecule has 30 heavy (non-hydrogen) atoms. The highest BCUT2D eigenvalue weighted by atomic mass is 32.1. The van der Waals surface area contributed by atoms with Gasteiger partial charge >= 0.3 is 5.97 Å². The lowest BCUT2D eigenvalue weighted by molar-refractivity contribution is 0.0702. The van der Waals surface area contributed by atoms with E-state index >= 15 is 0 Å². The highest BCUT2D eigenvalue weighted by Crippen LogP contribution is 2.43. The summed E-state index contributed by atoms with van der Waals surface area (Å²) in [6, 6.07) is 12.3. The van der Waals surface area contributed by atoms with Crippen LogP contribution in [0.15, 0.2) is 42.0 Å². The van der Waals surface area contributed by atoms with Crippen LogP contribution in [0.1, 0.15) is 67.6 Å². The van der Waals surface area contributed by atoms with Gasteiger partial charge in [0.15, 0.2) is 0 Å². The summed E-state index contributed by atoms with van der Waals surface area (Å²) in [4.78, 5) is 16.3. The Balaban J connectivity index is 1.77. The Morgan fingerprint density at radius 2 is 1.90 bits per heavy atom. The molecule has 3 nitrogen and oxygen atoms in total. The van der Waals surface area contributed by atoms with Crippen LogP contribution < -0.4 is 0 Å². The summed E-state index contributed by atoms with van der Waals surface area (Å²) in [5.41, 5.74) is 4.95. The largest absolute Gasteiger partial charge is 0.477 e. The number of benzene rings is 1. The molecule has 0 bridgehead atoms. The van der Waals surface area contributed by atoms with Gasteiger partial charge in [-0.2, -0.15) is 0 Å². The van der Waals surface area contributed by atoms with Crippen LogP contribution in [0.4, 0.5) is 0 Å². The fraction of sp³-hybridized carbons (Fsp3) is 0.500. The van der Waals surface area contributed by atoms with Gasteiger partial charge in [-0.15, -0.1) is 11.3 Å². The van der Waals surface area contributed by atoms with E-state index in [-0.39, 0.29) is 0 Å². The van der Waals surface area contributed by atoms with E-state index in [1.54, 1.807) is 0 Å². The van der Waals surface area contributed by atoms with Crippen molar-refractivity contribution in [3.05, 3.63) is 52.4 Å². The Hall–Kier alpha value is -1.91. The van der Waals surface area contributed by atoms with Crippen molar-refractivity contribution < 1.29 is 9.90 Å². The molecule has 0 atom stereocenters. The molecular formula is C26H33NO2S. The van der Waals surface area contributed by atoms with Gasteiger partial charge in [-0.3, -0.25) is 4.90 Å². The first-order valence-corrected chi connectivity index (χ1v) is 12.3. The zero-order valence-electron chi connectivity index (χ0n) is 18.2. The molecule has 2 aliphatic rings. The summed E-state index contributed by atoms with van der Waals surface area (Å²) < 4.78 is 0. The number of hydrogen-bond acceptors (Lipinski definition) is 3. The first kappa shape index (κ1) is 21.3. The summed E-state index contributed by atoms with van der Waals surface area (Å²) in [6.07, 6.45) is 7.21. The van der Waals surface area contributed by atoms with Gasteiger partial charge in [0.25, 0.3) is 0 Å². The number of thiophene rings is 1. The van der Waals surface area contributed by atoms with Crippen molar-refractivity contribution in [2.75, 3.05) is 19.6 Å². The summed E-state index contributed by atoms with van der Waals surface area (Å²) in [7, 11) is 0. The molecule has 1 saturated carbocycles. The maximum Gasteiger partial charge on any atom is 0.346 e. The average molecular weight is 424 g/mol. The molecule has 1 fully saturated rings. The van der Waals surface area contributed by atoms with Crippen LogP contribution in [0.3, 0.4) is 0 Å². The van der Waals surface area contributed by atoms with E-state index in [2.05, 4.69) is 36.9 Å². The van der Waals surface area contributed by atoms with Crippen LogP contribution in [0.25, 0.3) is 16.0 Å². The third kappa shape index (κ3) is 4.55. The highest BCUT2D eigenvalue weighted by molar-refractivity contribution is 7.17. The lowest BCUT2D eigenvalue weighted by atomic mass is 9.75. The topological polar surface area (TPSA) is 40.5 Å². The van der Waals surface area contributed by atoms with Gasteiger partial charge in [0.05, 0.1) is 0 Å². The molecule has 0 spiro atoms. The van der Waals surface area contributed by atoms with Crippen molar-refractivity contribution in [3.63, 3.8) is 0 Å². The van der Waals surface area contributed by atoms with E-state index in [1.807, 2.05) is 18.2 Å². The molecule has 1 aliphatic carbocycles. The third-order valence-corrected chi connectivity index (χ3v) is 7.99. The van der Waals surface area contributed by atoms with Crippen LogP contribution in [0.2, 0.25) is 0 Å². The van der Waals surface area contributed by atoms with E-state index in [0.29, 0.717) is 10.8 Å². The fourth-order valence-corrected chi connectivity index (χ4v) is 6.19. The van der Waals surface area contributed by atoms with E-state index in [1.165, 1.54) is 54.6 Å². The van der Waals surface area contributed by atoms with E-state index in [9.17, 15) is 9.90 Å². The molecule has 0 saturated heterocycles. The smallest absolute Gasteiger partial charge is 0.346 e. The van der Waals surface area contributed by atoms with Gasteiger partial charge in [-0.1, -0.05) is 57.0 Å². The maximum absolute atomic E-state index is 12.2. The van der Waals surface area contributed by atoms with Crippen LogP contribution in [0, 0.1) is 11.8 Å². The zero-order chi connectivity index (χ0) is 21.1. The van der Waals surface area contributed by atoms with E-state index in [4.69, 9.17) is 0 Å². The molecular weight excluding hydrogens is 390 g/mol. The summed E-state index contributed by atoms with van der Waals surface area (Å²) in [6.45, 7) is 7.78. The highest BCUT2D eigenvalue weighted by Gasteiger charge is 2.30. The van der Waals surface area contributed by atoms with Gasteiger partial charge in [0.1, 0.15) is 4.88 Å². The molecule has 0 unspecified atom stereocenters. The second-order valence-corrected chi connectivity index (χ2v) is 10.1. The van der Waals surface area contributed by atoms with Crippen LogP contribution in [-0.2, 0) is 0 Å². The standard InChI is InChI=1S/C26H33NO2S/c1-3-14-27-15-13-21(23(17-27)19-11-9-18(2)10-12-19)22-16-24(30-25(22)26(28)29)20-7-5-4-6-8-20/h4-8,16,18-19H,3,9-15,17H2,1-2H3,(H,28,29). The molecule has 160 valence electrons. The van der Waals surface area contributed by atoms with Crippen molar-refractivity contribution in [3.8, 4) is 10.4 Å². The molecule has 1 aromatic heterocycles. The second kappa shape index (κ2) is 9.49. The summed E-state index contributed by atoms with van der Waals surface area (Å²) >= 11 is 1.43. The van der Waals surface area contributed by atoms with E-state index < -0.39 is 5.97 Å². The second-order valence-electron chi connectivity index (χ2n) is 9.01. The lowest BCUT2D eigenvalue weighted by Crippen LogP contribution is -2.35. The van der Waals surface area contributed by atoms with Gasteiger partial charge in [0, 0.05) is 23.5 Å². The molecule has 1 aromatic carbocycles. The van der Waals surface area contributed by atoms with Crippen molar-refractivity contribution in [1.82, 2.24) is 4.90 Å². The SMILES string of the molecule is CCCN1CCC(c2cc(-c3ccccc3)sc2C(=O)O)=C(C2CCC(C)CC2)C1. The minimum Gasteiger partial charge on any atom is -0.477 e. The summed E-state index contributed by atoms with van der Waals surface area (Å²) in [5, 5.41) is 10.0. The predicted molar refractivity (Wildman–Crippen MR) is 126 cm³/mol. The predicted octanol–water partition coefficient (Wildman–Crippen LogP) is 6.81. The number of carboxylic acid groups (broad SMARTS) is 1. The van der Waals surface area contributed by atoms with Gasteiger partial charge in [-0.05, 0) is 66.8 Å². The monoisotopic (exact) mass is 423 g/mol. The quantitative estimate of drug-likeness (QED) is 0.555. The van der Waals surface area contributed by atoms with Crippen LogP contribution >= 0.6 is 11.3 Å². The van der Waals surface area contributed by atoms with Crippen molar-refractivity contribution in [2.24, 2.45) is 11.8 Å². The lowest BCUT2D eigenvalue weighted by Gasteiger charge is -2.37. The summed E-state index contributed by atoms with van der Waals surface area (Å²) in [5.74, 6) is 0.635. The van der Waals surface area contributed by atoms with Crippen LogP contribution in [0.5, 0.6) is 0 Å². The molecule has 4 rings (SSSR count). The molecule has 0 amide bonds. The minimum atomic E-state index is -0.794. The number of hydrogen-bond donors (Lipinski definition) is 1. The Bertz CT molecular complexity index is 906. The van der Waals surface area contributed by atoms with Gasteiger partial charge in [0.2, 0.25) is 0 Å². The molecule has 0 radical (unpaired) electrons. The van der Waals surface area contributed by atoms with E-state index in [0.717, 1.165) is 48.0 Å². The number of aromatic carboxylic acids is 1. The molecule has 2 heterocycles. The Morgan fingerprint density at radius 1 is 1.17 bits per heavy atom. The number of nitrogens with zero attached hydrogens (tertiary/aromatic N) is 1. The first-order valence-electron chi connectivity index (χ1n) is 11.4. The van der Waals surface area contributed by atoms with Crippen molar-refractivity contribution in [2.45, 2.75) is 52.4 Å². The third-order valence-electron chi connectivity index (χ3n) is 6.82. The fourth-order valence-electron chi connectivity index (χ4n) is 5.16. The zero-order valence-corrected chi connectivity index (χ0v) is 19.0. The molecule has 4 heteroatoms.